The van der Waals surface area contributed by atoms with Gasteiger partial charge in [0, 0.05) is 29.6 Å². The van der Waals surface area contributed by atoms with Gasteiger partial charge in [0.05, 0.1) is 17.2 Å². The molecule has 0 fully saturated rings. The molecule has 0 spiro atoms. The van der Waals surface area contributed by atoms with E-state index in [-0.39, 0.29) is 12.0 Å². The molecule has 4 heterocycles. The van der Waals surface area contributed by atoms with Crippen molar-refractivity contribution < 1.29 is 13.2 Å². The van der Waals surface area contributed by atoms with Crippen LogP contribution in [0.15, 0.2) is 30.7 Å². The maximum absolute atomic E-state index is 12.4. The number of hydrogen-bond acceptors (Lipinski definition) is 5. The lowest BCUT2D eigenvalue weighted by molar-refractivity contribution is -0.115. The first-order valence-electron chi connectivity index (χ1n) is 8.73. The molecule has 0 unspecified atom stereocenters. The van der Waals surface area contributed by atoms with E-state index in [0.717, 1.165) is 22.5 Å². The van der Waals surface area contributed by atoms with Crippen LogP contribution in [-0.4, -0.2) is 41.9 Å². The smallest absolute Gasteiger partial charge is 0.344 e. The van der Waals surface area contributed by atoms with E-state index in [4.69, 9.17) is 0 Å². The summed E-state index contributed by atoms with van der Waals surface area (Å²) in [6, 6.07) is 4.08. The highest BCUT2D eigenvalue weighted by atomic mass is 19.4. The molecule has 0 saturated heterocycles. The molecule has 0 aliphatic rings. The Morgan fingerprint density at radius 2 is 1.93 bits per heavy atom. The van der Waals surface area contributed by atoms with E-state index < -0.39 is 12.7 Å². The number of rotatable bonds is 4. The quantitative estimate of drug-likeness (QED) is 0.571. The largest absolute Gasteiger partial charge is 0.405 e. The second-order valence-electron chi connectivity index (χ2n) is 6.80. The van der Waals surface area contributed by atoms with Gasteiger partial charge in [0.25, 0.3) is 0 Å². The average molecular weight is 389 g/mol. The number of imidazole rings is 1. The molecule has 0 aliphatic carbocycles. The molecule has 10 heteroatoms. The van der Waals surface area contributed by atoms with Crippen molar-refractivity contribution in [1.29, 1.82) is 0 Å². The van der Waals surface area contributed by atoms with E-state index in [1.54, 1.807) is 12.4 Å². The number of aromatic nitrogens is 6. The molecule has 0 saturated carbocycles. The Kier molecular flexibility index (Phi) is 4.20. The molecule has 1 N–H and O–H groups in total. The van der Waals surface area contributed by atoms with Crippen molar-refractivity contribution in [2.24, 2.45) is 0 Å². The molecule has 0 aromatic carbocycles. The van der Waals surface area contributed by atoms with Gasteiger partial charge in [0.15, 0.2) is 5.65 Å². The van der Waals surface area contributed by atoms with Crippen LogP contribution in [0.1, 0.15) is 25.7 Å². The molecule has 7 nitrogen and oxygen atoms in total. The molecule has 4 rings (SSSR count). The van der Waals surface area contributed by atoms with E-state index in [0.29, 0.717) is 11.2 Å². The molecule has 146 valence electrons. The zero-order chi connectivity index (χ0) is 20.1. The summed E-state index contributed by atoms with van der Waals surface area (Å²) in [6.07, 6.45) is 0.569. The summed E-state index contributed by atoms with van der Waals surface area (Å²) in [5, 5.41) is 6.27. The number of aryl methyl sites for hydroxylation is 1. The van der Waals surface area contributed by atoms with Gasteiger partial charge in [0.2, 0.25) is 5.95 Å². The van der Waals surface area contributed by atoms with Gasteiger partial charge in [-0.3, -0.25) is 0 Å². The summed E-state index contributed by atoms with van der Waals surface area (Å²) in [5.74, 6) is 0.800. The summed E-state index contributed by atoms with van der Waals surface area (Å²) in [7, 11) is 0. The van der Waals surface area contributed by atoms with Crippen LogP contribution in [0.3, 0.4) is 0 Å². The zero-order valence-electron chi connectivity index (χ0n) is 15.5. The van der Waals surface area contributed by atoms with Crippen molar-refractivity contribution in [3.05, 3.63) is 36.5 Å². The molecular weight excluding hydrogens is 371 g/mol. The first-order valence-corrected chi connectivity index (χ1v) is 8.73. The van der Waals surface area contributed by atoms with Crippen LogP contribution in [0.5, 0.6) is 0 Å². The molecule has 0 radical (unpaired) electrons. The highest BCUT2D eigenvalue weighted by Gasteiger charge is 2.27. The Balaban J connectivity index is 1.74. The third kappa shape index (κ3) is 3.25. The number of hydrogen-bond donors (Lipinski definition) is 1. The molecule has 0 amide bonds. The summed E-state index contributed by atoms with van der Waals surface area (Å²) in [6.45, 7) is 4.92. The Labute approximate surface area is 158 Å². The fraction of sp³-hybridized carbons (Fsp3) is 0.333. The monoisotopic (exact) mass is 389 g/mol. The first kappa shape index (κ1) is 18.2. The first-order chi connectivity index (χ1) is 13.2. The number of halogens is 3. The van der Waals surface area contributed by atoms with Gasteiger partial charge < -0.3 is 9.88 Å². The van der Waals surface area contributed by atoms with Crippen molar-refractivity contribution in [2.45, 2.75) is 33.0 Å². The lowest BCUT2D eigenvalue weighted by atomic mass is 10.1. The number of nitrogens with zero attached hydrogens (tertiary/aromatic N) is 6. The maximum Gasteiger partial charge on any atom is 0.405 e. The van der Waals surface area contributed by atoms with Crippen molar-refractivity contribution in [3.63, 3.8) is 0 Å². The Morgan fingerprint density at radius 3 is 2.64 bits per heavy atom. The third-order valence-electron chi connectivity index (χ3n) is 4.41. The van der Waals surface area contributed by atoms with Crippen LogP contribution < -0.4 is 5.32 Å². The van der Waals surface area contributed by atoms with Gasteiger partial charge in [-0.2, -0.15) is 13.2 Å². The highest BCUT2D eigenvalue weighted by molar-refractivity contribution is 5.85. The van der Waals surface area contributed by atoms with Gasteiger partial charge in [-0.15, -0.1) is 5.10 Å². The van der Waals surface area contributed by atoms with Gasteiger partial charge >= 0.3 is 6.18 Å². The van der Waals surface area contributed by atoms with Crippen LogP contribution in [0.25, 0.3) is 27.8 Å². The molecular formula is C18H18F3N7. The van der Waals surface area contributed by atoms with Crippen LogP contribution in [0.4, 0.5) is 19.1 Å². The van der Waals surface area contributed by atoms with E-state index in [9.17, 15) is 13.2 Å². The topological polar surface area (TPSA) is 72.9 Å². The summed E-state index contributed by atoms with van der Waals surface area (Å²) < 4.78 is 40.7. The summed E-state index contributed by atoms with van der Waals surface area (Å²) in [5.41, 5.74) is 3.97. The normalized spacial score (nSPS) is 12.4. The minimum Gasteiger partial charge on any atom is -0.344 e. The number of pyridine rings is 1. The van der Waals surface area contributed by atoms with E-state index in [1.807, 2.05) is 19.1 Å². The van der Waals surface area contributed by atoms with E-state index in [2.05, 4.69) is 43.8 Å². The van der Waals surface area contributed by atoms with Crippen LogP contribution in [-0.2, 0) is 0 Å². The predicted molar refractivity (Wildman–Crippen MR) is 99.2 cm³/mol. The SMILES string of the molecule is Cc1nc2ncc(-c3ccn4nc(NCC(F)(F)F)ncc34)cc2n1C(C)C. The van der Waals surface area contributed by atoms with Gasteiger partial charge in [-0.25, -0.2) is 19.5 Å². The second-order valence-corrected chi connectivity index (χ2v) is 6.80. The highest BCUT2D eigenvalue weighted by Crippen LogP contribution is 2.29. The molecule has 4 aromatic rings. The van der Waals surface area contributed by atoms with Crippen LogP contribution in [0.2, 0.25) is 0 Å². The van der Waals surface area contributed by atoms with Gasteiger partial charge in [0.1, 0.15) is 12.4 Å². The Bertz CT molecular complexity index is 1160. The number of nitrogens with one attached hydrogen (secondary N) is 1. The van der Waals surface area contributed by atoms with Crippen molar-refractivity contribution in [1.82, 2.24) is 29.1 Å². The Morgan fingerprint density at radius 1 is 1.14 bits per heavy atom. The lowest BCUT2D eigenvalue weighted by Crippen LogP contribution is -2.22. The third-order valence-corrected chi connectivity index (χ3v) is 4.41. The van der Waals surface area contributed by atoms with Crippen LogP contribution >= 0.6 is 0 Å². The fourth-order valence-corrected chi connectivity index (χ4v) is 3.29. The Hall–Kier alpha value is -3.17. The van der Waals surface area contributed by atoms with E-state index in [1.165, 1.54) is 10.7 Å². The minimum absolute atomic E-state index is 0.0888. The number of alkyl halides is 3. The molecule has 0 atom stereocenters. The molecule has 0 aliphatic heterocycles. The van der Waals surface area contributed by atoms with Crippen molar-refractivity contribution in [3.8, 4) is 11.1 Å². The summed E-state index contributed by atoms with van der Waals surface area (Å²) >= 11 is 0. The summed E-state index contributed by atoms with van der Waals surface area (Å²) in [4.78, 5) is 13.0. The number of fused-ring (bicyclic) bond motifs is 2. The molecule has 4 aromatic heterocycles. The standard InChI is InChI=1S/C18H18F3N7/c1-10(2)28-11(3)25-16-14(28)6-12(7-22-16)13-4-5-27-15(13)8-23-17(26-27)24-9-18(19,20)21/h4-8,10H,9H2,1-3H3,(H,24,26). The van der Waals surface area contributed by atoms with Gasteiger partial charge in [-0.1, -0.05) is 0 Å². The van der Waals surface area contributed by atoms with Crippen molar-refractivity contribution >= 4 is 22.6 Å². The average Bonchev–Trinajstić information content (AvgIpc) is 3.18. The van der Waals surface area contributed by atoms with Crippen LogP contribution in [0, 0.1) is 6.92 Å². The number of anilines is 1. The molecule has 0 bridgehead atoms. The van der Waals surface area contributed by atoms with Crippen molar-refractivity contribution in [2.75, 3.05) is 11.9 Å². The second kappa shape index (κ2) is 6.47. The zero-order valence-corrected chi connectivity index (χ0v) is 15.5. The fourth-order valence-electron chi connectivity index (χ4n) is 3.29. The van der Waals surface area contributed by atoms with E-state index >= 15 is 0 Å². The van der Waals surface area contributed by atoms with Gasteiger partial charge in [-0.05, 0) is 32.9 Å². The molecule has 28 heavy (non-hydrogen) atoms. The lowest BCUT2D eigenvalue weighted by Gasteiger charge is -2.11. The minimum atomic E-state index is -4.33. The maximum atomic E-state index is 12.4. The predicted octanol–water partition coefficient (Wildman–Crippen LogP) is 4.00.